The molecule has 0 unspecified atom stereocenters. The van der Waals surface area contributed by atoms with E-state index in [4.69, 9.17) is 21.8 Å². The maximum Gasteiger partial charge on any atom is 0.227 e. The number of hydrogen-bond donors (Lipinski definition) is 1. The Balaban J connectivity index is 1.42. The van der Waals surface area contributed by atoms with Gasteiger partial charge in [0.15, 0.2) is 11.5 Å². The average molecular weight is 348 g/mol. The smallest absolute Gasteiger partial charge is 0.227 e. The lowest BCUT2D eigenvalue weighted by Crippen LogP contribution is -2.45. The molecule has 1 amide bonds. The van der Waals surface area contributed by atoms with Crippen LogP contribution in [-0.2, 0) is 4.79 Å². The number of oxazole rings is 1. The predicted octanol–water partition coefficient (Wildman–Crippen LogP) is 3.31. The first-order valence-electron chi connectivity index (χ1n) is 8.72. The summed E-state index contributed by atoms with van der Waals surface area (Å²) in [5, 5.41) is 0.663. The zero-order chi connectivity index (χ0) is 16.7. The Labute approximate surface area is 146 Å². The van der Waals surface area contributed by atoms with E-state index < -0.39 is 0 Å². The molecule has 2 aromatic rings. The number of piperidine rings is 1. The van der Waals surface area contributed by atoms with Crippen molar-refractivity contribution in [2.45, 2.75) is 44.1 Å². The number of fused-ring (bicyclic) bond motifs is 1. The van der Waals surface area contributed by atoms with Gasteiger partial charge in [0.25, 0.3) is 0 Å². The highest BCUT2D eigenvalue weighted by molar-refractivity contribution is 6.31. The van der Waals surface area contributed by atoms with E-state index in [0.717, 1.165) is 62.2 Å². The molecule has 128 valence electrons. The van der Waals surface area contributed by atoms with Gasteiger partial charge >= 0.3 is 0 Å². The highest BCUT2D eigenvalue weighted by atomic mass is 35.5. The molecule has 1 saturated heterocycles. The number of carbonyl (C=O) groups excluding carboxylic acids is 1. The molecule has 0 bridgehead atoms. The SMILES string of the molecule is N[C@H]1CCC[C@@H]1C(=O)N1CCC(c2nc3cc(Cl)ccc3o2)CC1. The molecule has 6 heteroatoms. The summed E-state index contributed by atoms with van der Waals surface area (Å²) in [5.74, 6) is 1.28. The first-order valence-corrected chi connectivity index (χ1v) is 9.10. The Kier molecular flexibility index (Phi) is 4.22. The summed E-state index contributed by atoms with van der Waals surface area (Å²) in [5.41, 5.74) is 7.64. The maximum absolute atomic E-state index is 12.6. The fourth-order valence-electron chi connectivity index (χ4n) is 3.97. The number of nitrogens with two attached hydrogens (primary N) is 1. The first kappa shape index (κ1) is 15.9. The van der Waals surface area contributed by atoms with E-state index in [2.05, 4.69) is 4.98 Å². The Hall–Kier alpha value is -1.59. The maximum atomic E-state index is 12.6. The molecule has 0 radical (unpaired) electrons. The lowest BCUT2D eigenvalue weighted by atomic mass is 9.94. The van der Waals surface area contributed by atoms with Gasteiger partial charge in [-0.25, -0.2) is 4.98 Å². The topological polar surface area (TPSA) is 72.4 Å². The van der Waals surface area contributed by atoms with Gasteiger partial charge in [-0.3, -0.25) is 4.79 Å². The third-order valence-electron chi connectivity index (χ3n) is 5.41. The normalized spacial score (nSPS) is 25.5. The number of nitrogens with zero attached hydrogens (tertiary/aromatic N) is 2. The van der Waals surface area contributed by atoms with E-state index in [1.165, 1.54) is 0 Å². The van der Waals surface area contributed by atoms with Crippen molar-refractivity contribution < 1.29 is 9.21 Å². The van der Waals surface area contributed by atoms with Crippen LogP contribution in [0, 0.1) is 5.92 Å². The van der Waals surface area contributed by atoms with Crippen LogP contribution in [0.4, 0.5) is 0 Å². The van der Waals surface area contributed by atoms with Gasteiger partial charge in [0.2, 0.25) is 5.91 Å². The van der Waals surface area contributed by atoms with Gasteiger partial charge in [-0.2, -0.15) is 0 Å². The largest absolute Gasteiger partial charge is 0.440 e. The van der Waals surface area contributed by atoms with Crippen LogP contribution in [0.5, 0.6) is 0 Å². The molecule has 1 aliphatic heterocycles. The van der Waals surface area contributed by atoms with Gasteiger partial charge in [-0.15, -0.1) is 0 Å². The highest BCUT2D eigenvalue weighted by Crippen LogP contribution is 2.33. The lowest BCUT2D eigenvalue weighted by Gasteiger charge is -2.33. The first-order chi connectivity index (χ1) is 11.6. The van der Waals surface area contributed by atoms with Gasteiger partial charge in [0.05, 0.1) is 5.92 Å². The van der Waals surface area contributed by atoms with Crippen LogP contribution in [0.3, 0.4) is 0 Å². The summed E-state index contributed by atoms with van der Waals surface area (Å²) in [6.07, 6.45) is 4.74. The van der Waals surface area contributed by atoms with Gasteiger partial charge in [0.1, 0.15) is 5.52 Å². The van der Waals surface area contributed by atoms with E-state index in [9.17, 15) is 4.79 Å². The van der Waals surface area contributed by atoms with Gasteiger partial charge in [0, 0.05) is 30.1 Å². The number of likely N-dealkylation sites (tertiary alicyclic amines) is 1. The number of carbonyl (C=O) groups is 1. The summed E-state index contributed by atoms with van der Waals surface area (Å²) in [6.45, 7) is 1.51. The van der Waals surface area contributed by atoms with Crippen LogP contribution in [0.1, 0.15) is 43.9 Å². The number of halogens is 1. The van der Waals surface area contributed by atoms with Crippen LogP contribution in [-0.4, -0.2) is 34.9 Å². The number of aromatic nitrogens is 1. The molecule has 1 saturated carbocycles. The van der Waals surface area contributed by atoms with Crippen molar-refractivity contribution in [3.05, 3.63) is 29.1 Å². The second-order valence-electron chi connectivity index (χ2n) is 6.96. The lowest BCUT2D eigenvalue weighted by molar-refractivity contribution is -0.136. The Morgan fingerprint density at radius 2 is 2.04 bits per heavy atom. The molecule has 2 aliphatic rings. The molecule has 1 aromatic heterocycles. The van der Waals surface area contributed by atoms with Crippen molar-refractivity contribution in [2.24, 2.45) is 11.7 Å². The molecular formula is C18H22ClN3O2. The second-order valence-corrected chi connectivity index (χ2v) is 7.40. The monoisotopic (exact) mass is 347 g/mol. The van der Waals surface area contributed by atoms with Gasteiger partial charge in [-0.1, -0.05) is 18.0 Å². The van der Waals surface area contributed by atoms with Crippen LogP contribution < -0.4 is 5.73 Å². The molecule has 1 aliphatic carbocycles. The van der Waals surface area contributed by atoms with E-state index in [0.29, 0.717) is 5.02 Å². The fourth-order valence-corrected chi connectivity index (χ4v) is 4.14. The summed E-state index contributed by atoms with van der Waals surface area (Å²) < 4.78 is 5.88. The molecule has 24 heavy (non-hydrogen) atoms. The molecule has 1 aromatic carbocycles. The summed E-state index contributed by atoms with van der Waals surface area (Å²) in [7, 11) is 0. The Bertz CT molecular complexity index is 752. The Morgan fingerprint density at radius 3 is 2.75 bits per heavy atom. The zero-order valence-electron chi connectivity index (χ0n) is 13.6. The quantitative estimate of drug-likeness (QED) is 0.904. The van der Waals surface area contributed by atoms with E-state index in [1.807, 2.05) is 23.1 Å². The standard InChI is InChI=1S/C18H22ClN3O2/c19-12-4-5-16-15(10-12)21-17(24-16)11-6-8-22(9-7-11)18(23)13-2-1-3-14(13)20/h4-5,10-11,13-14H,1-3,6-9,20H2/t13-,14-/m0/s1. The van der Waals surface area contributed by atoms with Crippen LogP contribution in [0.15, 0.2) is 22.6 Å². The minimum Gasteiger partial charge on any atom is -0.440 e. The molecule has 5 nitrogen and oxygen atoms in total. The molecule has 2 fully saturated rings. The third-order valence-corrected chi connectivity index (χ3v) is 5.64. The van der Waals surface area contributed by atoms with Crippen molar-refractivity contribution in [3.63, 3.8) is 0 Å². The number of amides is 1. The summed E-state index contributed by atoms with van der Waals surface area (Å²) >= 11 is 6.01. The predicted molar refractivity (Wildman–Crippen MR) is 92.9 cm³/mol. The second kappa shape index (κ2) is 6.37. The third kappa shape index (κ3) is 2.91. The van der Waals surface area contributed by atoms with Crippen LogP contribution in [0.25, 0.3) is 11.1 Å². The van der Waals surface area contributed by atoms with Gasteiger partial charge < -0.3 is 15.1 Å². The van der Waals surface area contributed by atoms with Gasteiger partial charge in [-0.05, 0) is 43.9 Å². The van der Waals surface area contributed by atoms with Crippen molar-refractivity contribution >= 4 is 28.6 Å². The number of hydrogen-bond acceptors (Lipinski definition) is 4. The minimum atomic E-state index is 0.0213. The summed E-state index contributed by atoms with van der Waals surface area (Å²) in [6, 6.07) is 5.53. The van der Waals surface area contributed by atoms with Crippen LogP contribution in [0.2, 0.25) is 5.02 Å². The molecule has 2 atom stereocenters. The zero-order valence-corrected chi connectivity index (χ0v) is 14.3. The molecular weight excluding hydrogens is 326 g/mol. The van der Waals surface area contributed by atoms with Crippen molar-refractivity contribution in [1.29, 1.82) is 0 Å². The van der Waals surface area contributed by atoms with E-state index in [-0.39, 0.29) is 23.8 Å². The minimum absolute atomic E-state index is 0.0213. The Morgan fingerprint density at radius 1 is 1.25 bits per heavy atom. The molecule has 0 spiro atoms. The highest BCUT2D eigenvalue weighted by Gasteiger charge is 2.35. The van der Waals surface area contributed by atoms with Crippen LogP contribution >= 0.6 is 11.6 Å². The van der Waals surface area contributed by atoms with Crippen molar-refractivity contribution in [1.82, 2.24) is 9.88 Å². The number of benzene rings is 1. The van der Waals surface area contributed by atoms with E-state index >= 15 is 0 Å². The van der Waals surface area contributed by atoms with E-state index in [1.54, 1.807) is 0 Å². The molecule has 2 N–H and O–H groups in total. The van der Waals surface area contributed by atoms with Crippen molar-refractivity contribution in [3.8, 4) is 0 Å². The fraction of sp³-hybridized carbons (Fsp3) is 0.556. The van der Waals surface area contributed by atoms with Crippen molar-refractivity contribution in [2.75, 3.05) is 13.1 Å². The molecule has 4 rings (SSSR count). The number of rotatable bonds is 2. The summed E-state index contributed by atoms with van der Waals surface area (Å²) in [4.78, 5) is 19.2. The molecule has 2 heterocycles. The average Bonchev–Trinajstić information content (AvgIpc) is 3.20.